The number of hydrogen-bond acceptors (Lipinski definition) is 7. The fourth-order valence-electron chi connectivity index (χ4n) is 2.04. The molecule has 0 aliphatic carbocycles. The lowest BCUT2D eigenvalue weighted by atomic mass is 10.2. The van der Waals surface area contributed by atoms with Gasteiger partial charge in [0, 0.05) is 18.3 Å². The average Bonchev–Trinajstić information content (AvgIpc) is 2.99. The molecule has 130 valence electrons. The maximum atomic E-state index is 12.4. The summed E-state index contributed by atoms with van der Waals surface area (Å²) >= 11 is 3.30. The molecule has 1 amide bonds. The number of halogens is 1. The van der Waals surface area contributed by atoms with E-state index in [1.165, 1.54) is 25.2 Å². The zero-order chi connectivity index (χ0) is 18.1. The molecule has 1 atom stereocenters. The van der Waals surface area contributed by atoms with Crippen molar-refractivity contribution in [2.24, 2.45) is 7.05 Å². The third-order valence-electron chi connectivity index (χ3n) is 3.16. The third kappa shape index (κ3) is 3.22. The molecule has 1 unspecified atom stereocenters. The number of amides is 1. The first-order chi connectivity index (χ1) is 11.9. The lowest BCUT2D eigenvalue weighted by Crippen LogP contribution is -2.27. The maximum Gasteiger partial charge on any atom is 0.352 e. The zero-order valence-electron chi connectivity index (χ0n) is 12.5. The van der Waals surface area contributed by atoms with E-state index in [4.69, 9.17) is 11.6 Å². The van der Waals surface area contributed by atoms with Crippen LogP contribution in [0.1, 0.15) is 10.5 Å². The first-order valence-electron chi connectivity index (χ1n) is 6.61. The number of carbonyl (C=O) groups excluding carboxylic acids is 1. The molecular weight excluding hydrogens is 374 g/mol. The summed E-state index contributed by atoms with van der Waals surface area (Å²) in [5.41, 5.74) is -0.608. The number of nitrogens with one attached hydrogen (secondary N) is 2. The minimum Gasteiger partial charge on any atom is -0.755 e. The predicted octanol–water partition coefficient (Wildman–Crippen LogP) is -0.0653. The lowest BCUT2D eigenvalue weighted by molar-refractivity contribution is 0.102. The highest BCUT2D eigenvalue weighted by atomic mass is 35.5. The van der Waals surface area contributed by atoms with Crippen LogP contribution in [0.3, 0.4) is 0 Å². The van der Waals surface area contributed by atoms with Crippen molar-refractivity contribution in [3.05, 3.63) is 45.7 Å². The monoisotopic (exact) mass is 382 g/mol. The number of aryl methyl sites for hydroxylation is 1. The van der Waals surface area contributed by atoms with Crippen LogP contribution in [0.5, 0.6) is 0 Å². The van der Waals surface area contributed by atoms with E-state index in [0.29, 0.717) is 0 Å². The molecule has 3 aromatic rings. The number of para-hydroxylation sites is 1. The molecule has 11 nitrogen and oxygen atoms in total. The van der Waals surface area contributed by atoms with Gasteiger partial charge in [-0.1, -0.05) is 22.9 Å². The largest absolute Gasteiger partial charge is 0.755 e. The van der Waals surface area contributed by atoms with Crippen LogP contribution >= 0.6 is 11.6 Å². The Morgan fingerprint density at radius 1 is 1.40 bits per heavy atom. The molecule has 13 heteroatoms. The van der Waals surface area contributed by atoms with Gasteiger partial charge in [0.1, 0.15) is 6.33 Å². The molecule has 0 radical (unpaired) electrons. The highest BCUT2D eigenvalue weighted by Crippen LogP contribution is 2.30. The van der Waals surface area contributed by atoms with Gasteiger partial charge < -0.3 is 14.6 Å². The van der Waals surface area contributed by atoms with Crippen molar-refractivity contribution < 1.29 is 13.6 Å². The second kappa shape index (κ2) is 6.58. The summed E-state index contributed by atoms with van der Waals surface area (Å²) < 4.78 is 25.9. The number of benzene rings is 1. The molecule has 2 N–H and O–H groups in total. The average molecular weight is 383 g/mol. The van der Waals surface area contributed by atoms with Crippen LogP contribution in [0.2, 0.25) is 5.02 Å². The Bertz CT molecular complexity index is 1060. The second-order valence-electron chi connectivity index (χ2n) is 4.74. The summed E-state index contributed by atoms with van der Waals surface area (Å²) in [6, 6.07) is 4.42. The van der Waals surface area contributed by atoms with Gasteiger partial charge in [-0.2, -0.15) is 4.68 Å². The number of carbonyl (C=O) groups is 1. The van der Waals surface area contributed by atoms with E-state index in [1.807, 2.05) is 0 Å². The van der Waals surface area contributed by atoms with Crippen molar-refractivity contribution in [3.63, 3.8) is 0 Å². The number of hydrogen-bond donors (Lipinski definition) is 2. The smallest absolute Gasteiger partial charge is 0.352 e. The number of aromatic nitrogens is 5. The maximum absolute atomic E-state index is 12.4. The van der Waals surface area contributed by atoms with Gasteiger partial charge in [-0.25, -0.2) is 14.2 Å². The molecular formula is C12H9ClN7O4S-. The summed E-state index contributed by atoms with van der Waals surface area (Å²) in [7, 11) is 1.40. The van der Waals surface area contributed by atoms with Gasteiger partial charge >= 0.3 is 5.69 Å². The number of nitrogens with zero attached hydrogens (tertiary/aromatic N) is 5. The summed E-state index contributed by atoms with van der Waals surface area (Å²) in [5, 5.41) is 9.93. The molecule has 2 aromatic heterocycles. The van der Waals surface area contributed by atoms with Gasteiger partial charge in [-0.3, -0.25) is 9.00 Å². The zero-order valence-corrected chi connectivity index (χ0v) is 14.0. The van der Waals surface area contributed by atoms with Crippen LogP contribution in [0, 0.1) is 0 Å². The Balaban J connectivity index is 1.99. The van der Waals surface area contributed by atoms with E-state index in [0.717, 1.165) is 15.4 Å². The summed E-state index contributed by atoms with van der Waals surface area (Å²) in [6.45, 7) is 0. The minimum atomic E-state index is -2.64. The van der Waals surface area contributed by atoms with Crippen LogP contribution < -0.4 is 15.7 Å². The molecule has 0 aliphatic heterocycles. The first kappa shape index (κ1) is 17.0. The van der Waals surface area contributed by atoms with Crippen LogP contribution in [0.25, 0.3) is 5.65 Å². The van der Waals surface area contributed by atoms with Gasteiger partial charge in [0.15, 0.2) is 11.3 Å². The minimum absolute atomic E-state index is 0.00337. The molecule has 0 saturated heterocycles. The normalized spacial score (nSPS) is 12.1. The fourth-order valence-corrected chi connectivity index (χ4v) is 2.70. The number of imidazole rings is 1. The molecule has 0 bridgehead atoms. The molecule has 2 heterocycles. The van der Waals surface area contributed by atoms with E-state index in [9.17, 15) is 18.4 Å². The Kier molecular flexibility index (Phi) is 4.48. The number of anilines is 2. The highest BCUT2D eigenvalue weighted by Gasteiger charge is 2.19. The molecule has 3 rings (SSSR count). The van der Waals surface area contributed by atoms with Crippen LogP contribution in [-0.4, -0.2) is 39.0 Å². The van der Waals surface area contributed by atoms with Crippen molar-refractivity contribution in [2.45, 2.75) is 0 Å². The van der Waals surface area contributed by atoms with E-state index in [2.05, 4.69) is 25.3 Å². The fraction of sp³-hybridized carbons (Fsp3) is 0.0833. The van der Waals surface area contributed by atoms with E-state index < -0.39 is 22.9 Å². The molecule has 0 fully saturated rings. The topological polar surface area (TPSA) is 146 Å². The lowest BCUT2D eigenvalue weighted by Gasteiger charge is -2.15. The number of fused-ring (bicyclic) bond motifs is 1. The standard InChI is InChI=1S/C12H10ClN7O4S/c1-19-12(22)20-5-14-9(10(20)16-18-19)11(21)15-7-4-2-3-6(13)8(7)17-25(23)24/h2-5,17H,1H3,(H,15,21)(H,23,24)/p-1. The SMILES string of the molecule is Cn1nnc2c(C(=O)Nc3cccc(Cl)c3NS(=O)[O-])ncn2c1=O. The van der Waals surface area contributed by atoms with Crippen molar-refractivity contribution in [1.29, 1.82) is 0 Å². The van der Waals surface area contributed by atoms with E-state index in [-0.39, 0.29) is 27.7 Å². The van der Waals surface area contributed by atoms with Gasteiger partial charge in [-0.15, -0.1) is 5.10 Å². The first-order valence-corrected chi connectivity index (χ1v) is 8.06. The predicted molar refractivity (Wildman–Crippen MR) is 88.0 cm³/mol. The van der Waals surface area contributed by atoms with Gasteiger partial charge in [-0.05, 0) is 12.1 Å². The Morgan fingerprint density at radius 2 is 2.16 bits per heavy atom. The van der Waals surface area contributed by atoms with Crippen molar-refractivity contribution in [2.75, 3.05) is 10.0 Å². The number of rotatable bonds is 4. The van der Waals surface area contributed by atoms with Crippen LogP contribution in [0.15, 0.2) is 29.3 Å². The molecule has 25 heavy (non-hydrogen) atoms. The Hall–Kier alpha value is -2.83. The quantitative estimate of drug-likeness (QED) is 0.600. The van der Waals surface area contributed by atoms with Crippen molar-refractivity contribution in [3.8, 4) is 0 Å². The van der Waals surface area contributed by atoms with E-state index >= 15 is 0 Å². The van der Waals surface area contributed by atoms with Crippen molar-refractivity contribution >= 4 is 45.8 Å². The third-order valence-corrected chi connectivity index (χ3v) is 3.85. The Morgan fingerprint density at radius 3 is 2.88 bits per heavy atom. The molecule has 0 saturated carbocycles. The second-order valence-corrected chi connectivity index (χ2v) is 5.82. The van der Waals surface area contributed by atoms with Crippen molar-refractivity contribution in [1.82, 2.24) is 24.4 Å². The van der Waals surface area contributed by atoms with Crippen LogP contribution in [-0.2, 0) is 18.3 Å². The highest BCUT2D eigenvalue weighted by molar-refractivity contribution is 7.80. The Labute approximate surface area is 147 Å². The van der Waals surface area contributed by atoms with Gasteiger partial charge in [0.2, 0.25) is 0 Å². The van der Waals surface area contributed by atoms with Crippen LogP contribution in [0.4, 0.5) is 11.4 Å². The molecule has 0 aliphatic rings. The van der Waals surface area contributed by atoms with Gasteiger partial charge in [0.05, 0.1) is 16.4 Å². The van der Waals surface area contributed by atoms with Gasteiger partial charge in [0.25, 0.3) is 5.91 Å². The molecule has 0 spiro atoms. The van der Waals surface area contributed by atoms with E-state index in [1.54, 1.807) is 0 Å². The summed E-state index contributed by atoms with van der Waals surface area (Å²) in [5.74, 6) is -0.716. The summed E-state index contributed by atoms with van der Waals surface area (Å²) in [4.78, 5) is 28.2. The summed E-state index contributed by atoms with van der Waals surface area (Å²) in [6.07, 6.45) is 1.14. The molecule has 1 aromatic carbocycles.